The average Bonchev–Trinajstić information content (AvgIpc) is 2.82. The van der Waals surface area contributed by atoms with Crippen molar-refractivity contribution in [1.82, 2.24) is 0 Å². The maximum Gasteiger partial charge on any atom is 0.163 e. The Kier molecular flexibility index (Phi) is 9.71. The molecule has 5 N–H and O–H groups in total. The van der Waals surface area contributed by atoms with E-state index in [2.05, 4.69) is 0 Å². The highest BCUT2D eigenvalue weighted by molar-refractivity contribution is 4.93. The van der Waals surface area contributed by atoms with Crippen LogP contribution in [-0.4, -0.2) is 114 Å². The quantitative estimate of drug-likeness (QED) is 0.302. The zero-order chi connectivity index (χ0) is 25.3. The number of ether oxygens (including phenoxy) is 6. The summed E-state index contributed by atoms with van der Waals surface area (Å²) in [5.41, 5.74) is 0. The van der Waals surface area contributed by atoms with Gasteiger partial charge in [0.05, 0.1) is 43.7 Å². The maximum atomic E-state index is 11.1. The lowest BCUT2D eigenvalue weighted by atomic mass is 9.85. The molecular formula is C23H42O11. The van der Waals surface area contributed by atoms with Gasteiger partial charge < -0.3 is 54.0 Å². The first-order chi connectivity index (χ1) is 16.0. The van der Waals surface area contributed by atoms with E-state index >= 15 is 0 Å². The van der Waals surface area contributed by atoms with Crippen LogP contribution in [0.2, 0.25) is 0 Å². The Bertz CT molecular complexity index is 634. The lowest BCUT2D eigenvalue weighted by Gasteiger charge is -2.49. The smallest absolute Gasteiger partial charge is 0.163 e. The number of aliphatic hydroxyl groups excluding tert-OH is 5. The molecule has 3 saturated heterocycles. The van der Waals surface area contributed by atoms with Crippen LogP contribution in [0.4, 0.5) is 0 Å². The van der Waals surface area contributed by atoms with Crippen molar-refractivity contribution in [2.45, 2.75) is 102 Å². The normalized spacial score (nSPS) is 52.5. The van der Waals surface area contributed by atoms with Gasteiger partial charge in [-0.1, -0.05) is 27.7 Å². The molecule has 0 aromatic rings. The Morgan fingerprint density at radius 3 is 1.65 bits per heavy atom. The second-order valence-corrected chi connectivity index (χ2v) is 10.0. The van der Waals surface area contributed by atoms with E-state index in [1.807, 2.05) is 6.92 Å². The zero-order valence-corrected chi connectivity index (χ0v) is 20.8. The maximum absolute atomic E-state index is 11.1. The number of aliphatic hydroxyl groups is 5. The molecule has 34 heavy (non-hydrogen) atoms. The van der Waals surface area contributed by atoms with Crippen LogP contribution < -0.4 is 0 Å². The Hall–Kier alpha value is -0.440. The molecule has 0 saturated carbocycles. The van der Waals surface area contributed by atoms with E-state index < -0.39 is 79.5 Å². The van der Waals surface area contributed by atoms with Crippen LogP contribution in [0, 0.1) is 23.7 Å². The molecular weight excluding hydrogens is 452 g/mol. The van der Waals surface area contributed by atoms with Gasteiger partial charge in [0.25, 0.3) is 0 Å². The molecule has 3 rings (SSSR count). The predicted octanol–water partition coefficient (Wildman–Crippen LogP) is -0.790. The van der Waals surface area contributed by atoms with E-state index in [-0.39, 0.29) is 25.0 Å². The molecule has 3 heterocycles. The van der Waals surface area contributed by atoms with Gasteiger partial charge in [-0.15, -0.1) is 0 Å². The monoisotopic (exact) mass is 494 g/mol. The summed E-state index contributed by atoms with van der Waals surface area (Å²) in [5, 5.41) is 51.8. The van der Waals surface area contributed by atoms with Gasteiger partial charge in [-0.2, -0.15) is 0 Å². The summed E-state index contributed by atoms with van der Waals surface area (Å²) in [5.74, 6) is -1.60. The van der Waals surface area contributed by atoms with Crippen molar-refractivity contribution in [3.8, 4) is 0 Å². The van der Waals surface area contributed by atoms with Gasteiger partial charge in [0.15, 0.2) is 18.9 Å². The summed E-state index contributed by atoms with van der Waals surface area (Å²) in [6.45, 7) is 8.19. The Morgan fingerprint density at radius 1 is 0.588 bits per heavy atom. The van der Waals surface area contributed by atoms with Gasteiger partial charge in [-0.3, -0.25) is 0 Å². The first kappa shape index (κ1) is 28.1. The van der Waals surface area contributed by atoms with Crippen LogP contribution in [0.3, 0.4) is 0 Å². The highest BCUT2D eigenvalue weighted by atomic mass is 16.7. The largest absolute Gasteiger partial charge is 0.394 e. The minimum atomic E-state index is -1.01. The number of hydrogen-bond donors (Lipinski definition) is 5. The molecule has 0 bridgehead atoms. The Labute approximate surface area is 200 Å². The zero-order valence-electron chi connectivity index (χ0n) is 20.8. The van der Waals surface area contributed by atoms with Gasteiger partial charge in [-0.05, 0) is 6.92 Å². The first-order valence-corrected chi connectivity index (χ1v) is 12.1. The molecule has 0 aromatic heterocycles. The van der Waals surface area contributed by atoms with Gasteiger partial charge in [-0.25, -0.2) is 0 Å². The summed E-state index contributed by atoms with van der Waals surface area (Å²) in [6.07, 6.45) is -8.83. The molecule has 15 atom stereocenters. The minimum Gasteiger partial charge on any atom is -0.394 e. The van der Waals surface area contributed by atoms with Crippen LogP contribution in [0.25, 0.3) is 0 Å². The summed E-state index contributed by atoms with van der Waals surface area (Å²) in [7, 11) is 1.47. The van der Waals surface area contributed by atoms with Crippen LogP contribution >= 0.6 is 0 Å². The van der Waals surface area contributed by atoms with Gasteiger partial charge >= 0.3 is 0 Å². The Morgan fingerprint density at radius 2 is 1.06 bits per heavy atom. The fourth-order valence-electron chi connectivity index (χ4n) is 5.09. The van der Waals surface area contributed by atoms with Gasteiger partial charge in [0, 0.05) is 30.8 Å². The molecule has 11 heteroatoms. The third kappa shape index (κ3) is 5.45. The third-order valence-corrected chi connectivity index (χ3v) is 7.67. The molecule has 3 aliphatic rings. The van der Waals surface area contributed by atoms with E-state index in [0.29, 0.717) is 0 Å². The van der Waals surface area contributed by atoms with E-state index in [4.69, 9.17) is 28.4 Å². The lowest BCUT2D eigenvalue weighted by molar-refractivity contribution is -0.359. The molecule has 15 unspecified atom stereocenters. The van der Waals surface area contributed by atoms with Gasteiger partial charge in [0.2, 0.25) is 0 Å². The molecule has 3 aliphatic heterocycles. The fourth-order valence-corrected chi connectivity index (χ4v) is 5.09. The first-order valence-electron chi connectivity index (χ1n) is 12.1. The van der Waals surface area contributed by atoms with Crippen LogP contribution in [-0.2, 0) is 28.4 Å². The van der Waals surface area contributed by atoms with Crippen molar-refractivity contribution in [3.63, 3.8) is 0 Å². The molecule has 0 amide bonds. The number of methoxy groups -OCH3 is 1. The van der Waals surface area contributed by atoms with Crippen LogP contribution in [0.5, 0.6) is 0 Å². The SMILES string of the molecule is COC1OC(CO)C(OC2OC(C)C(OC3OC(CO)C(C)C(O)C3C)C(O)C2C)C(O)C1C. The lowest BCUT2D eigenvalue weighted by Crippen LogP contribution is -2.61. The standard InChI is InChI=1S/C23H42O11/c1-9-14(7-24)31-23(10(2)16(9)26)33-19-13(5)30-22(12(4)17(19)27)34-20-15(8-25)32-21(29-6)11(3)18(20)28/h9-28H,7-8H2,1-6H3. The molecule has 0 aromatic carbocycles. The van der Waals surface area contributed by atoms with E-state index in [0.717, 1.165) is 0 Å². The third-order valence-electron chi connectivity index (χ3n) is 7.67. The van der Waals surface area contributed by atoms with Crippen LogP contribution in [0.15, 0.2) is 0 Å². The van der Waals surface area contributed by atoms with Crippen molar-refractivity contribution in [3.05, 3.63) is 0 Å². The summed E-state index contributed by atoms with van der Waals surface area (Å²) in [4.78, 5) is 0. The second-order valence-electron chi connectivity index (χ2n) is 10.0. The van der Waals surface area contributed by atoms with Crippen molar-refractivity contribution in [1.29, 1.82) is 0 Å². The number of hydrogen-bond acceptors (Lipinski definition) is 11. The summed E-state index contributed by atoms with van der Waals surface area (Å²) in [6, 6.07) is 0. The van der Waals surface area contributed by atoms with E-state index in [1.54, 1.807) is 27.7 Å². The topological polar surface area (TPSA) is 157 Å². The van der Waals surface area contributed by atoms with Gasteiger partial charge in [0.1, 0.15) is 18.3 Å². The van der Waals surface area contributed by atoms with E-state index in [9.17, 15) is 25.5 Å². The Balaban J connectivity index is 1.67. The molecule has 3 fully saturated rings. The summed E-state index contributed by atoms with van der Waals surface area (Å²) < 4.78 is 35.0. The molecule has 0 radical (unpaired) electrons. The van der Waals surface area contributed by atoms with Crippen molar-refractivity contribution in [2.75, 3.05) is 20.3 Å². The average molecular weight is 495 g/mol. The molecule has 0 spiro atoms. The van der Waals surface area contributed by atoms with E-state index in [1.165, 1.54) is 7.11 Å². The molecule has 0 aliphatic carbocycles. The van der Waals surface area contributed by atoms with Crippen molar-refractivity contribution >= 4 is 0 Å². The van der Waals surface area contributed by atoms with Crippen molar-refractivity contribution in [2.24, 2.45) is 23.7 Å². The van der Waals surface area contributed by atoms with Crippen molar-refractivity contribution < 1.29 is 54.0 Å². The number of rotatable bonds is 7. The summed E-state index contributed by atoms with van der Waals surface area (Å²) >= 11 is 0. The molecule has 200 valence electrons. The highest BCUT2D eigenvalue weighted by Crippen LogP contribution is 2.37. The predicted molar refractivity (Wildman–Crippen MR) is 117 cm³/mol. The van der Waals surface area contributed by atoms with Crippen LogP contribution in [0.1, 0.15) is 34.6 Å². The second kappa shape index (κ2) is 11.7. The minimum absolute atomic E-state index is 0.253. The highest BCUT2D eigenvalue weighted by Gasteiger charge is 2.50. The molecule has 11 nitrogen and oxygen atoms in total. The fraction of sp³-hybridized carbons (Fsp3) is 1.00.